The maximum absolute atomic E-state index is 13.5. The van der Waals surface area contributed by atoms with Crippen molar-refractivity contribution in [1.82, 2.24) is 0 Å². The van der Waals surface area contributed by atoms with Crippen LogP contribution in [0, 0.1) is 0 Å². The molecule has 0 aliphatic carbocycles. The molecule has 4 rings (SSSR count). The van der Waals surface area contributed by atoms with E-state index in [1.807, 2.05) is 55.6 Å². The first kappa shape index (κ1) is 22.8. The molecule has 0 atom stereocenters. The molecule has 1 aromatic heterocycles. The van der Waals surface area contributed by atoms with Crippen LogP contribution in [0.15, 0.2) is 71.7 Å². The highest BCUT2D eigenvalue weighted by Crippen LogP contribution is 2.36. The molecule has 170 valence electrons. The van der Waals surface area contributed by atoms with Crippen molar-refractivity contribution in [3.8, 4) is 5.75 Å². The van der Waals surface area contributed by atoms with Gasteiger partial charge in [-0.05, 0) is 72.7 Å². The van der Waals surface area contributed by atoms with Gasteiger partial charge in [-0.25, -0.2) is 4.90 Å². The summed E-state index contributed by atoms with van der Waals surface area (Å²) in [6.07, 6.45) is 0.0403. The molecule has 1 aliphatic heterocycles. The Hall–Kier alpha value is -3.38. The van der Waals surface area contributed by atoms with Gasteiger partial charge in [-0.2, -0.15) is 0 Å². The fourth-order valence-electron chi connectivity index (χ4n) is 3.67. The third kappa shape index (κ3) is 4.71. The average molecular weight is 461 g/mol. The van der Waals surface area contributed by atoms with Crippen LogP contribution in [0.1, 0.15) is 45.1 Å². The van der Waals surface area contributed by atoms with Crippen LogP contribution in [0.2, 0.25) is 0 Å². The summed E-state index contributed by atoms with van der Waals surface area (Å²) in [7, 11) is 0. The van der Waals surface area contributed by atoms with Crippen molar-refractivity contribution in [3.05, 3.63) is 82.2 Å². The van der Waals surface area contributed by atoms with Crippen molar-refractivity contribution in [2.24, 2.45) is 0 Å². The molecular weight excluding hydrogens is 432 g/mol. The maximum Gasteiger partial charge on any atom is 0.282 e. The number of rotatable bonds is 6. The zero-order valence-electron chi connectivity index (χ0n) is 19.5. The van der Waals surface area contributed by atoms with Gasteiger partial charge >= 0.3 is 0 Å². The number of hydrogen-bond donors (Lipinski definition) is 1. The van der Waals surface area contributed by atoms with E-state index >= 15 is 0 Å². The third-order valence-electron chi connectivity index (χ3n) is 5.34. The molecule has 0 unspecified atom stereocenters. The lowest BCUT2D eigenvalue weighted by Gasteiger charge is -2.19. The minimum absolute atomic E-state index is 0.0291. The Morgan fingerprint density at radius 3 is 2.12 bits per heavy atom. The maximum atomic E-state index is 13.5. The van der Waals surface area contributed by atoms with Crippen molar-refractivity contribution in [2.75, 3.05) is 10.2 Å². The fraction of sp³-hybridized carbons (Fsp3) is 0.259. The van der Waals surface area contributed by atoms with Crippen molar-refractivity contribution >= 4 is 40.1 Å². The molecule has 2 heterocycles. The highest BCUT2D eigenvalue weighted by Gasteiger charge is 2.40. The quantitative estimate of drug-likeness (QED) is 0.443. The number of carbonyl (C=O) groups excluding carboxylic acids is 2. The van der Waals surface area contributed by atoms with Gasteiger partial charge in [-0.1, -0.05) is 39.0 Å². The molecule has 33 heavy (non-hydrogen) atoms. The van der Waals surface area contributed by atoms with Crippen LogP contribution in [-0.2, 0) is 15.0 Å². The van der Waals surface area contributed by atoms with E-state index in [4.69, 9.17) is 4.74 Å². The number of anilines is 2. The predicted octanol–water partition coefficient (Wildman–Crippen LogP) is 6.23. The van der Waals surface area contributed by atoms with Gasteiger partial charge < -0.3 is 10.1 Å². The topological polar surface area (TPSA) is 58.6 Å². The molecule has 2 amide bonds. The predicted molar refractivity (Wildman–Crippen MR) is 135 cm³/mol. The van der Waals surface area contributed by atoms with Crippen molar-refractivity contribution in [1.29, 1.82) is 0 Å². The molecule has 0 saturated carbocycles. The zero-order chi connectivity index (χ0) is 23.8. The molecule has 6 heteroatoms. The molecule has 0 saturated heterocycles. The minimum Gasteiger partial charge on any atom is -0.491 e. The van der Waals surface area contributed by atoms with Gasteiger partial charge in [0.05, 0.1) is 17.4 Å². The van der Waals surface area contributed by atoms with Crippen molar-refractivity contribution in [2.45, 2.75) is 46.1 Å². The number of ether oxygens (including phenoxy) is 1. The van der Waals surface area contributed by atoms with Crippen molar-refractivity contribution in [3.63, 3.8) is 0 Å². The Bertz CT molecular complexity index is 1190. The summed E-state index contributed by atoms with van der Waals surface area (Å²) in [5.74, 6) is -0.0220. The van der Waals surface area contributed by atoms with E-state index < -0.39 is 0 Å². The Kier molecular flexibility index (Phi) is 6.13. The molecule has 1 aliphatic rings. The monoisotopic (exact) mass is 460 g/mol. The summed E-state index contributed by atoms with van der Waals surface area (Å²) in [5.41, 5.74) is 3.16. The van der Waals surface area contributed by atoms with Gasteiger partial charge in [0.25, 0.3) is 11.8 Å². The van der Waals surface area contributed by atoms with Crippen LogP contribution in [0.4, 0.5) is 11.4 Å². The van der Waals surface area contributed by atoms with Crippen LogP contribution in [-0.4, -0.2) is 17.9 Å². The summed E-state index contributed by atoms with van der Waals surface area (Å²) in [5, 5.41) is 5.12. The second kappa shape index (κ2) is 8.87. The van der Waals surface area contributed by atoms with Gasteiger partial charge in [0.15, 0.2) is 0 Å². The number of carbonyl (C=O) groups is 2. The Balaban J connectivity index is 1.68. The zero-order valence-corrected chi connectivity index (χ0v) is 20.3. The van der Waals surface area contributed by atoms with Crippen LogP contribution in [0.5, 0.6) is 5.75 Å². The number of nitrogens with zero attached hydrogens (tertiary/aromatic N) is 1. The van der Waals surface area contributed by atoms with Crippen molar-refractivity contribution < 1.29 is 14.3 Å². The smallest absolute Gasteiger partial charge is 0.282 e. The lowest BCUT2D eigenvalue weighted by Crippen LogP contribution is -2.32. The average Bonchev–Trinajstić information content (AvgIpc) is 3.35. The largest absolute Gasteiger partial charge is 0.491 e. The normalized spacial score (nSPS) is 14.4. The second-order valence-electron chi connectivity index (χ2n) is 9.29. The number of amides is 2. The van der Waals surface area contributed by atoms with E-state index in [0.29, 0.717) is 17.0 Å². The van der Waals surface area contributed by atoms with Gasteiger partial charge in [0, 0.05) is 10.6 Å². The molecule has 2 aromatic carbocycles. The van der Waals surface area contributed by atoms with Crippen LogP contribution >= 0.6 is 11.3 Å². The highest BCUT2D eigenvalue weighted by atomic mass is 32.1. The first-order chi connectivity index (χ1) is 15.6. The van der Waals surface area contributed by atoms with Gasteiger partial charge in [0.2, 0.25) is 0 Å². The summed E-state index contributed by atoms with van der Waals surface area (Å²) in [4.78, 5) is 28.9. The Morgan fingerprint density at radius 2 is 1.58 bits per heavy atom. The number of nitrogens with one attached hydrogen (secondary N) is 1. The third-order valence-corrected chi connectivity index (χ3v) is 6.23. The van der Waals surface area contributed by atoms with Crippen LogP contribution in [0.25, 0.3) is 5.57 Å². The Labute approximate surface area is 198 Å². The van der Waals surface area contributed by atoms with Crippen LogP contribution < -0.4 is 15.0 Å². The van der Waals surface area contributed by atoms with Gasteiger partial charge in [-0.3, -0.25) is 9.59 Å². The van der Waals surface area contributed by atoms with E-state index in [1.165, 1.54) is 21.8 Å². The molecule has 1 N–H and O–H groups in total. The van der Waals surface area contributed by atoms with E-state index in [2.05, 4.69) is 26.1 Å². The molecular formula is C27H28N2O3S. The molecule has 0 spiro atoms. The lowest BCUT2D eigenvalue weighted by atomic mass is 9.87. The molecule has 3 aromatic rings. The molecule has 0 bridgehead atoms. The molecule has 0 fully saturated rings. The fourth-order valence-corrected chi connectivity index (χ4v) is 4.44. The number of hydrogen-bond acceptors (Lipinski definition) is 5. The van der Waals surface area contributed by atoms with E-state index in [9.17, 15) is 9.59 Å². The Morgan fingerprint density at radius 1 is 0.909 bits per heavy atom. The van der Waals surface area contributed by atoms with E-state index in [1.54, 1.807) is 24.3 Å². The van der Waals surface area contributed by atoms with Crippen LogP contribution in [0.3, 0.4) is 0 Å². The first-order valence-corrected chi connectivity index (χ1v) is 11.8. The highest BCUT2D eigenvalue weighted by molar-refractivity contribution is 7.11. The first-order valence-electron chi connectivity index (χ1n) is 11.0. The number of thiophene rings is 1. The van der Waals surface area contributed by atoms with E-state index in [-0.39, 0.29) is 29.0 Å². The lowest BCUT2D eigenvalue weighted by molar-refractivity contribution is -0.120. The van der Waals surface area contributed by atoms with E-state index in [0.717, 1.165) is 10.6 Å². The minimum atomic E-state index is -0.374. The summed E-state index contributed by atoms with van der Waals surface area (Å²) < 4.78 is 5.69. The standard InChI is InChI=1S/C27H28N2O3S/c1-17(2)32-21-14-12-20(13-15-21)29-25(30)23(22-7-6-16-33-22)24(26(29)31)28-19-10-8-18(9-11-19)27(3,4)5/h6-17,28H,1-5H3. The number of benzene rings is 2. The summed E-state index contributed by atoms with van der Waals surface area (Å²) >= 11 is 1.44. The van der Waals surface area contributed by atoms with Gasteiger partial charge in [0.1, 0.15) is 11.4 Å². The second-order valence-corrected chi connectivity index (χ2v) is 10.2. The summed E-state index contributed by atoms with van der Waals surface area (Å²) in [6.45, 7) is 10.4. The number of imide groups is 1. The summed E-state index contributed by atoms with van der Waals surface area (Å²) in [6, 6.07) is 18.7. The molecule has 0 radical (unpaired) electrons. The molecule has 5 nitrogen and oxygen atoms in total. The van der Waals surface area contributed by atoms with Gasteiger partial charge in [-0.15, -0.1) is 11.3 Å². The SMILES string of the molecule is CC(C)Oc1ccc(N2C(=O)C(Nc3ccc(C(C)(C)C)cc3)=C(c3cccs3)C2=O)cc1.